The average Bonchev–Trinajstić information content (AvgIpc) is 2.49. The Kier molecular flexibility index (Phi) is 6.65. The zero-order chi connectivity index (χ0) is 16.0. The minimum absolute atomic E-state index is 0.0588. The number of carbonyl (C=O) groups excluding carboxylic acids is 1. The van der Waals surface area contributed by atoms with Crippen LogP contribution >= 0.6 is 0 Å². The first-order valence-corrected chi connectivity index (χ1v) is 7.37. The van der Waals surface area contributed by atoms with Crippen LogP contribution in [0.5, 0.6) is 5.75 Å². The topological polar surface area (TPSA) is 98.6 Å². The summed E-state index contributed by atoms with van der Waals surface area (Å²) in [6, 6.07) is 3.18. The van der Waals surface area contributed by atoms with Gasteiger partial charge in [-0.2, -0.15) is 0 Å². The summed E-state index contributed by atoms with van der Waals surface area (Å²) in [6.07, 6.45) is 2.63. The Morgan fingerprint density at radius 2 is 1.57 bits per heavy atom. The predicted octanol–water partition coefficient (Wildman–Crippen LogP) is 1.74. The van der Waals surface area contributed by atoms with Gasteiger partial charge in [-0.3, -0.25) is 0 Å². The maximum absolute atomic E-state index is 11.8. The molecule has 0 bridgehead atoms. The highest BCUT2D eigenvalue weighted by atomic mass is 16.5. The number of aromatic hydroxyl groups is 1. The number of ether oxygens (including phenoxy) is 1. The number of rotatable bonds is 7. The van der Waals surface area contributed by atoms with E-state index < -0.39 is 5.97 Å². The van der Waals surface area contributed by atoms with Crippen LogP contribution in [0.25, 0.3) is 0 Å². The Bertz CT molecular complexity index is 455. The summed E-state index contributed by atoms with van der Waals surface area (Å²) in [5.41, 5.74) is 13.7. The van der Waals surface area contributed by atoms with Crippen LogP contribution in [0.4, 0.5) is 0 Å². The number of phenols is 1. The van der Waals surface area contributed by atoms with Gasteiger partial charge in [0, 0.05) is 12.1 Å². The fraction of sp³-hybridized carbons (Fsp3) is 0.562. The van der Waals surface area contributed by atoms with Gasteiger partial charge in [-0.05, 0) is 48.9 Å². The first kappa shape index (κ1) is 17.5. The molecule has 5 N–H and O–H groups in total. The number of hydrogen-bond donors (Lipinski definition) is 3. The van der Waals surface area contributed by atoms with Crippen LogP contribution in [0.3, 0.4) is 0 Å². The summed E-state index contributed by atoms with van der Waals surface area (Å²) in [6.45, 7) is 3.97. The van der Waals surface area contributed by atoms with Crippen molar-refractivity contribution in [2.75, 3.05) is 7.11 Å². The van der Waals surface area contributed by atoms with E-state index >= 15 is 0 Å². The second-order valence-corrected chi connectivity index (χ2v) is 5.38. The molecule has 0 amide bonds. The molecule has 1 aromatic rings. The molecule has 0 aromatic heterocycles. The van der Waals surface area contributed by atoms with Crippen LogP contribution in [-0.4, -0.2) is 30.3 Å². The van der Waals surface area contributed by atoms with Gasteiger partial charge in [0.1, 0.15) is 5.75 Å². The molecule has 21 heavy (non-hydrogen) atoms. The molecule has 118 valence electrons. The lowest BCUT2D eigenvalue weighted by Gasteiger charge is -2.17. The molecule has 0 aliphatic heterocycles. The number of carbonyl (C=O) groups is 1. The Morgan fingerprint density at radius 1 is 1.14 bits per heavy atom. The van der Waals surface area contributed by atoms with Crippen LogP contribution in [0.15, 0.2) is 12.1 Å². The van der Waals surface area contributed by atoms with Crippen molar-refractivity contribution in [2.45, 2.75) is 51.6 Å². The SMILES string of the molecule is CCC(N)Cc1cc(C(=O)OC)cc(CC(N)CC)c1O. The minimum Gasteiger partial charge on any atom is -0.507 e. The van der Waals surface area contributed by atoms with Gasteiger partial charge < -0.3 is 21.3 Å². The number of nitrogens with two attached hydrogens (primary N) is 2. The summed E-state index contributed by atoms with van der Waals surface area (Å²) >= 11 is 0. The molecule has 0 saturated carbocycles. The van der Waals surface area contributed by atoms with E-state index in [1.165, 1.54) is 7.11 Å². The van der Waals surface area contributed by atoms with E-state index in [1.54, 1.807) is 12.1 Å². The van der Waals surface area contributed by atoms with Gasteiger partial charge >= 0.3 is 5.97 Å². The molecular weight excluding hydrogens is 268 g/mol. The molecule has 1 rings (SSSR count). The maximum Gasteiger partial charge on any atom is 0.337 e. The fourth-order valence-corrected chi connectivity index (χ4v) is 2.16. The Morgan fingerprint density at radius 3 is 1.90 bits per heavy atom. The molecule has 1 aromatic carbocycles. The molecule has 0 fully saturated rings. The molecule has 5 heteroatoms. The molecule has 0 radical (unpaired) electrons. The summed E-state index contributed by atoms with van der Waals surface area (Å²) in [7, 11) is 1.34. The third-order valence-corrected chi connectivity index (χ3v) is 3.70. The van der Waals surface area contributed by atoms with Crippen molar-refractivity contribution in [1.82, 2.24) is 0 Å². The summed E-state index contributed by atoms with van der Waals surface area (Å²) in [4.78, 5) is 11.8. The third-order valence-electron chi connectivity index (χ3n) is 3.70. The molecule has 0 aliphatic carbocycles. The highest BCUT2D eigenvalue weighted by Crippen LogP contribution is 2.28. The standard InChI is InChI=1S/C16H26N2O3/c1-4-13(17)8-10-6-12(16(20)21-3)7-11(15(10)19)9-14(18)5-2/h6-7,13-14,19H,4-5,8-9,17-18H2,1-3H3. The van der Waals surface area contributed by atoms with Crippen molar-refractivity contribution in [3.8, 4) is 5.75 Å². The van der Waals surface area contributed by atoms with E-state index in [0.29, 0.717) is 29.5 Å². The first-order chi connectivity index (χ1) is 9.92. The average molecular weight is 294 g/mol. The van der Waals surface area contributed by atoms with Gasteiger partial charge in [0.05, 0.1) is 12.7 Å². The number of esters is 1. The van der Waals surface area contributed by atoms with E-state index in [2.05, 4.69) is 0 Å². The van der Waals surface area contributed by atoms with Gasteiger partial charge in [0.2, 0.25) is 0 Å². The summed E-state index contributed by atoms with van der Waals surface area (Å²) in [5.74, 6) is -0.233. The van der Waals surface area contributed by atoms with E-state index in [0.717, 1.165) is 12.8 Å². The molecule has 0 saturated heterocycles. The van der Waals surface area contributed by atoms with Crippen molar-refractivity contribution in [3.05, 3.63) is 28.8 Å². The normalized spacial score (nSPS) is 13.8. The number of benzene rings is 1. The van der Waals surface area contributed by atoms with Gasteiger partial charge in [0.25, 0.3) is 0 Å². The largest absolute Gasteiger partial charge is 0.507 e. The highest BCUT2D eigenvalue weighted by Gasteiger charge is 2.17. The maximum atomic E-state index is 11.8. The fourth-order valence-electron chi connectivity index (χ4n) is 2.16. The minimum atomic E-state index is -0.423. The number of hydrogen-bond acceptors (Lipinski definition) is 5. The van der Waals surface area contributed by atoms with Crippen LogP contribution in [-0.2, 0) is 17.6 Å². The monoisotopic (exact) mass is 294 g/mol. The van der Waals surface area contributed by atoms with Gasteiger partial charge in [-0.15, -0.1) is 0 Å². The van der Waals surface area contributed by atoms with Crippen molar-refractivity contribution in [3.63, 3.8) is 0 Å². The molecule has 5 nitrogen and oxygen atoms in total. The summed E-state index contributed by atoms with van der Waals surface area (Å²) in [5, 5.41) is 10.4. The van der Waals surface area contributed by atoms with E-state index in [4.69, 9.17) is 16.2 Å². The van der Waals surface area contributed by atoms with Crippen LogP contribution in [0, 0.1) is 0 Å². The van der Waals surface area contributed by atoms with Crippen LogP contribution in [0.2, 0.25) is 0 Å². The smallest absolute Gasteiger partial charge is 0.337 e. The lowest BCUT2D eigenvalue weighted by molar-refractivity contribution is 0.0600. The van der Waals surface area contributed by atoms with Gasteiger partial charge in [0.15, 0.2) is 0 Å². The van der Waals surface area contributed by atoms with E-state index in [1.807, 2.05) is 13.8 Å². The first-order valence-electron chi connectivity index (χ1n) is 7.37. The van der Waals surface area contributed by atoms with Gasteiger partial charge in [-0.1, -0.05) is 13.8 Å². The molecule has 2 unspecified atom stereocenters. The quantitative estimate of drug-likeness (QED) is 0.665. The van der Waals surface area contributed by atoms with Crippen molar-refractivity contribution in [2.24, 2.45) is 11.5 Å². The van der Waals surface area contributed by atoms with Crippen molar-refractivity contribution < 1.29 is 14.6 Å². The highest BCUT2D eigenvalue weighted by molar-refractivity contribution is 5.90. The molecule has 0 spiro atoms. The molecular formula is C16H26N2O3. The Labute approximate surface area is 126 Å². The van der Waals surface area contributed by atoms with Crippen molar-refractivity contribution in [1.29, 1.82) is 0 Å². The second-order valence-electron chi connectivity index (χ2n) is 5.38. The number of phenolic OH excluding ortho intramolecular Hbond substituents is 1. The molecule has 0 aliphatic rings. The second kappa shape index (κ2) is 8.00. The lowest BCUT2D eigenvalue weighted by Crippen LogP contribution is -2.23. The molecule has 2 atom stereocenters. The van der Waals surface area contributed by atoms with Crippen LogP contribution < -0.4 is 11.5 Å². The zero-order valence-corrected chi connectivity index (χ0v) is 13.1. The predicted molar refractivity (Wildman–Crippen MR) is 83.4 cm³/mol. The van der Waals surface area contributed by atoms with E-state index in [-0.39, 0.29) is 17.8 Å². The van der Waals surface area contributed by atoms with Crippen molar-refractivity contribution >= 4 is 5.97 Å². The number of methoxy groups -OCH3 is 1. The lowest BCUT2D eigenvalue weighted by atomic mass is 9.94. The Hall–Kier alpha value is -1.59. The van der Waals surface area contributed by atoms with E-state index in [9.17, 15) is 9.90 Å². The molecule has 0 heterocycles. The van der Waals surface area contributed by atoms with Crippen LogP contribution in [0.1, 0.15) is 48.2 Å². The zero-order valence-electron chi connectivity index (χ0n) is 13.1. The third kappa shape index (κ3) is 4.72. The Balaban J connectivity index is 3.21. The summed E-state index contributed by atoms with van der Waals surface area (Å²) < 4.78 is 4.77. The van der Waals surface area contributed by atoms with Gasteiger partial charge in [-0.25, -0.2) is 4.79 Å².